The summed E-state index contributed by atoms with van der Waals surface area (Å²) in [5, 5.41) is 19.2. The van der Waals surface area contributed by atoms with Gasteiger partial charge in [0.1, 0.15) is 30.2 Å². The van der Waals surface area contributed by atoms with Gasteiger partial charge in [0.15, 0.2) is 0 Å². The molecule has 0 amide bonds. The van der Waals surface area contributed by atoms with Crippen LogP contribution in [0.5, 0.6) is 5.88 Å². The van der Waals surface area contributed by atoms with E-state index in [4.69, 9.17) is 31.0 Å². The zero-order chi connectivity index (χ0) is 33.5. The Bertz CT molecular complexity index is 1270. The lowest BCUT2D eigenvalue weighted by atomic mass is 9.99. The lowest BCUT2D eigenvalue weighted by Crippen LogP contribution is -2.28. The van der Waals surface area contributed by atoms with Crippen molar-refractivity contribution in [1.29, 1.82) is 5.26 Å². The Balaban J connectivity index is 0.000000749. The van der Waals surface area contributed by atoms with Crippen LogP contribution in [0.3, 0.4) is 0 Å². The lowest BCUT2D eigenvalue weighted by molar-refractivity contribution is -0.137. The smallest absolute Gasteiger partial charge is 0.330 e. The molecule has 0 saturated carbocycles. The van der Waals surface area contributed by atoms with E-state index in [-0.39, 0.29) is 17.1 Å². The molecule has 1 atom stereocenters. The van der Waals surface area contributed by atoms with Crippen LogP contribution in [0.4, 0.5) is 11.4 Å². The molecule has 0 aliphatic carbocycles. The third kappa shape index (κ3) is 14.9. The molecule has 0 fully saturated rings. The molecule has 0 aliphatic rings. The Morgan fingerprint density at radius 3 is 2.32 bits per heavy atom. The average molecular weight is 630 g/mol. The van der Waals surface area contributed by atoms with Crippen LogP contribution in [0, 0.1) is 24.2 Å². The number of nitrogens with zero attached hydrogens (tertiary/aromatic N) is 3. The zero-order valence-electron chi connectivity index (χ0n) is 26.3. The van der Waals surface area contributed by atoms with Crippen LogP contribution < -0.4 is 17.0 Å². The van der Waals surface area contributed by atoms with Crippen LogP contribution in [-0.4, -0.2) is 59.6 Å². The second-order valence-corrected chi connectivity index (χ2v) is 10.7. The predicted octanol–water partition coefficient (Wildman–Crippen LogP) is 4.86. The summed E-state index contributed by atoms with van der Waals surface area (Å²) < 4.78 is 13.4. The molecule has 1 aromatic carbocycles. The number of anilines is 2. The second-order valence-electron chi connectivity index (χ2n) is 9.51. The standard InChI is InChI=1S/C15H23N3O2.C14H20N2O3S.C3H4O/c1-4-6-7-11(5-2)9-18-14(19)12(8-16)10(3)13(17)15(18)20;1-3-14(17)19-11-9-16(8-10-18-2)20-13-6-4-12(15)5-7-13;1-2-3-4/h11,19H,4-7,9,17H2,1-3H3;3-7H,1,8-11,15H2,2H3;2-3H,1H2. The minimum atomic E-state index is -0.408. The number of nitrogens with two attached hydrogens (primary N) is 2. The number of carbonyl (C=O) groups is 2. The number of allylic oxidation sites excluding steroid dienone is 1. The zero-order valence-corrected chi connectivity index (χ0v) is 27.1. The molecule has 1 unspecified atom stereocenters. The van der Waals surface area contributed by atoms with Crippen molar-refractivity contribution >= 4 is 35.6 Å². The summed E-state index contributed by atoms with van der Waals surface area (Å²) in [5.74, 6) is -0.375. The van der Waals surface area contributed by atoms with Crippen LogP contribution in [0.15, 0.2) is 59.3 Å². The number of hydrogen-bond donors (Lipinski definition) is 3. The predicted molar refractivity (Wildman–Crippen MR) is 177 cm³/mol. The molecule has 1 heterocycles. The Morgan fingerprint density at radius 2 is 1.82 bits per heavy atom. The van der Waals surface area contributed by atoms with E-state index >= 15 is 0 Å². The fraction of sp³-hybridized carbons (Fsp3) is 0.438. The Morgan fingerprint density at radius 1 is 1.20 bits per heavy atom. The molecule has 2 rings (SSSR count). The van der Waals surface area contributed by atoms with E-state index in [0.29, 0.717) is 44.1 Å². The van der Waals surface area contributed by atoms with Gasteiger partial charge in [0.25, 0.3) is 5.56 Å². The first-order valence-corrected chi connectivity index (χ1v) is 15.1. The Hall–Kier alpha value is -4.05. The number of hydrogen-bond acceptors (Lipinski definition) is 11. The molecule has 2 aromatic rings. The van der Waals surface area contributed by atoms with E-state index in [2.05, 4.69) is 31.3 Å². The van der Waals surface area contributed by atoms with Gasteiger partial charge in [-0.05, 0) is 61.6 Å². The van der Waals surface area contributed by atoms with Gasteiger partial charge in [-0.15, -0.1) is 0 Å². The number of pyridine rings is 1. The van der Waals surface area contributed by atoms with Crippen molar-refractivity contribution in [3.8, 4) is 11.9 Å². The maximum Gasteiger partial charge on any atom is 0.330 e. The molecule has 0 bridgehead atoms. The third-order valence-corrected chi connectivity index (χ3v) is 7.44. The number of nitrogen functional groups attached to an aromatic ring is 2. The Labute approximate surface area is 265 Å². The van der Waals surface area contributed by atoms with E-state index in [1.54, 1.807) is 26.0 Å². The molecule has 1 aromatic heterocycles. The van der Waals surface area contributed by atoms with Crippen LogP contribution >= 0.6 is 11.9 Å². The van der Waals surface area contributed by atoms with Gasteiger partial charge in [-0.25, -0.2) is 9.10 Å². The molecule has 12 heteroatoms. The second kappa shape index (κ2) is 23.4. The maximum atomic E-state index is 12.2. The largest absolute Gasteiger partial charge is 0.493 e. The van der Waals surface area contributed by atoms with Gasteiger partial charge in [-0.2, -0.15) is 5.26 Å². The van der Waals surface area contributed by atoms with Crippen molar-refractivity contribution in [2.24, 2.45) is 5.92 Å². The van der Waals surface area contributed by atoms with E-state index in [0.717, 1.165) is 48.9 Å². The molecule has 0 radical (unpaired) electrons. The van der Waals surface area contributed by atoms with Crippen LogP contribution in [0.2, 0.25) is 0 Å². The van der Waals surface area contributed by atoms with Crippen molar-refractivity contribution in [3.63, 3.8) is 0 Å². The van der Waals surface area contributed by atoms with Crippen molar-refractivity contribution in [3.05, 3.63) is 71.1 Å². The summed E-state index contributed by atoms with van der Waals surface area (Å²) >= 11 is 1.58. The number of esters is 1. The Kier molecular flexibility index (Phi) is 21.3. The van der Waals surface area contributed by atoms with E-state index in [9.17, 15) is 14.7 Å². The molecular formula is C32H47N5O6S. The number of aldehydes is 1. The minimum absolute atomic E-state index is 0.0460. The summed E-state index contributed by atoms with van der Waals surface area (Å²) in [5.41, 5.74) is 12.2. The number of aromatic nitrogens is 1. The number of benzene rings is 1. The summed E-state index contributed by atoms with van der Waals surface area (Å²) in [7, 11) is 1.66. The first kappa shape index (κ1) is 40.0. The van der Waals surface area contributed by atoms with Gasteiger partial charge in [-0.3, -0.25) is 14.2 Å². The molecular weight excluding hydrogens is 582 g/mol. The van der Waals surface area contributed by atoms with Crippen molar-refractivity contribution in [1.82, 2.24) is 8.87 Å². The fourth-order valence-corrected chi connectivity index (χ4v) is 4.59. The molecule has 5 N–H and O–H groups in total. The van der Waals surface area contributed by atoms with Gasteiger partial charge < -0.3 is 26.0 Å². The topological polar surface area (TPSA) is 174 Å². The number of carbonyl (C=O) groups excluding carboxylic acids is 2. The van der Waals surface area contributed by atoms with Crippen molar-refractivity contribution in [2.45, 2.75) is 57.9 Å². The van der Waals surface area contributed by atoms with Crippen LogP contribution in [-0.2, 0) is 25.6 Å². The first-order chi connectivity index (χ1) is 21.0. The molecule has 44 heavy (non-hydrogen) atoms. The van der Waals surface area contributed by atoms with E-state index in [1.807, 2.05) is 30.3 Å². The highest BCUT2D eigenvalue weighted by Crippen LogP contribution is 2.25. The van der Waals surface area contributed by atoms with Gasteiger partial charge in [0.2, 0.25) is 5.88 Å². The summed E-state index contributed by atoms with van der Waals surface area (Å²) in [6, 6.07) is 9.54. The number of unbranched alkanes of at least 4 members (excludes halogenated alkanes) is 1. The van der Waals surface area contributed by atoms with E-state index in [1.165, 1.54) is 10.6 Å². The molecule has 11 nitrogen and oxygen atoms in total. The highest BCUT2D eigenvalue weighted by Gasteiger charge is 2.19. The highest BCUT2D eigenvalue weighted by atomic mass is 32.2. The maximum absolute atomic E-state index is 12.2. The average Bonchev–Trinajstić information content (AvgIpc) is 3.03. The minimum Gasteiger partial charge on any atom is -0.493 e. The van der Waals surface area contributed by atoms with Gasteiger partial charge >= 0.3 is 5.97 Å². The van der Waals surface area contributed by atoms with Crippen LogP contribution in [0.25, 0.3) is 0 Å². The van der Waals surface area contributed by atoms with Gasteiger partial charge in [0.05, 0.1) is 6.61 Å². The lowest BCUT2D eigenvalue weighted by Gasteiger charge is -2.20. The number of aromatic hydroxyl groups is 1. The fourth-order valence-electron chi connectivity index (χ4n) is 3.70. The monoisotopic (exact) mass is 629 g/mol. The van der Waals surface area contributed by atoms with Gasteiger partial charge in [0, 0.05) is 49.0 Å². The molecule has 0 saturated heterocycles. The number of ether oxygens (including phenoxy) is 2. The quantitative estimate of drug-likeness (QED) is 0.0761. The highest BCUT2D eigenvalue weighted by molar-refractivity contribution is 7.97. The van der Waals surface area contributed by atoms with E-state index < -0.39 is 11.5 Å². The summed E-state index contributed by atoms with van der Waals surface area (Å²) in [4.78, 5) is 33.3. The number of rotatable bonds is 16. The first-order valence-electron chi connectivity index (χ1n) is 14.3. The third-order valence-electron chi connectivity index (χ3n) is 6.34. The van der Waals surface area contributed by atoms with Crippen molar-refractivity contribution < 1.29 is 24.2 Å². The SMILES string of the molecule is C=CC(=O)OCCN(CCOC)Sc1ccc(N)cc1.C=CC=O.CCCCC(CC)Cn1c(O)c(C#N)c(C)c(N)c1=O. The number of nitriles is 1. The van der Waals surface area contributed by atoms with Crippen molar-refractivity contribution in [2.75, 3.05) is 44.9 Å². The molecule has 242 valence electrons. The molecule has 0 aliphatic heterocycles. The normalized spacial score (nSPS) is 10.7. The van der Waals surface area contributed by atoms with Gasteiger partial charge in [-0.1, -0.05) is 46.3 Å². The van der Waals surface area contributed by atoms with Crippen LogP contribution in [0.1, 0.15) is 50.7 Å². The number of methoxy groups -OCH3 is 1. The summed E-state index contributed by atoms with van der Waals surface area (Å²) in [6.45, 7) is 14.9. The summed E-state index contributed by atoms with van der Waals surface area (Å²) in [6.07, 6.45) is 7.08. The molecule has 0 spiro atoms.